The van der Waals surface area contributed by atoms with Crippen LogP contribution in [0.3, 0.4) is 0 Å². The van der Waals surface area contributed by atoms with Gasteiger partial charge in [0.25, 0.3) is 20.0 Å². The molecule has 6 aromatic rings. The molecule has 4 aliphatic carbocycles. The molecule has 0 amide bonds. The zero-order chi connectivity index (χ0) is 52.3. The van der Waals surface area contributed by atoms with Crippen molar-refractivity contribution in [3.63, 3.8) is 0 Å². The fourth-order valence-electron chi connectivity index (χ4n) is 12.2. The number of benzene rings is 4. The van der Waals surface area contributed by atoms with Gasteiger partial charge in [0.1, 0.15) is 11.9 Å². The van der Waals surface area contributed by atoms with E-state index in [2.05, 4.69) is 18.8 Å². The summed E-state index contributed by atoms with van der Waals surface area (Å²) < 4.78 is 57.9. The Kier molecular flexibility index (Phi) is 23.3. The molecule has 0 radical (unpaired) electrons. The summed E-state index contributed by atoms with van der Waals surface area (Å²) in [5, 5.41) is 0. The maximum atomic E-state index is 14.5. The van der Waals surface area contributed by atoms with E-state index in [1.54, 1.807) is 16.1 Å². The molecule has 8 nitrogen and oxygen atoms in total. The first-order valence-electron chi connectivity index (χ1n) is 27.7. The summed E-state index contributed by atoms with van der Waals surface area (Å²) in [7, 11) is -8.24. The first-order valence-corrected chi connectivity index (χ1v) is 34.4. The molecule has 74 heavy (non-hydrogen) atoms. The molecule has 0 unspecified atom stereocenters. The molecule has 4 aliphatic rings. The van der Waals surface area contributed by atoms with Crippen LogP contribution in [0.2, 0.25) is 0 Å². The normalized spacial score (nSPS) is 17.5. The summed E-state index contributed by atoms with van der Waals surface area (Å²) in [4.78, 5) is 10.1. The van der Waals surface area contributed by atoms with E-state index >= 15 is 0 Å². The summed E-state index contributed by atoms with van der Waals surface area (Å²) in [5.41, 5.74) is 12.0. The van der Waals surface area contributed by atoms with Gasteiger partial charge >= 0.3 is 18.9 Å². The van der Waals surface area contributed by atoms with Crippen molar-refractivity contribution in [3.05, 3.63) is 119 Å². The van der Waals surface area contributed by atoms with Crippen molar-refractivity contribution in [2.75, 3.05) is 0 Å². The van der Waals surface area contributed by atoms with Crippen LogP contribution in [0, 0.1) is 48.5 Å². The van der Waals surface area contributed by atoms with Crippen LogP contribution in [0.25, 0.3) is 22.1 Å². The number of rotatable bonds is 10. The van der Waals surface area contributed by atoms with Crippen LogP contribution >= 0.6 is 26.4 Å². The minimum absolute atomic E-state index is 0. The molecule has 4 saturated carbocycles. The molecule has 398 valence electrons. The minimum atomic E-state index is -3.78. The second kappa shape index (κ2) is 28.4. The van der Waals surface area contributed by atoms with Crippen LogP contribution in [0.4, 0.5) is 0 Å². The number of aromatic nitrogens is 4. The third kappa shape index (κ3) is 14.6. The average molecular weight is 1090 g/mol. The van der Waals surface area contributed by atoms with E-state index < -0.39 is 28.0 Å². The van der Waals surface area contributed by atoms with Crippen LogP contribution in [-0.2, 0) is 20.0 Å². The van der Waals surface area contributed by atoms with Crippen molar-refractivity contribution in [1.82, 2.24) is 17.9 Å². The van der Waals surface area contributed by atoms with E-state index in [9.17, 15) is 16.8 Å². The van der Waals surface area contributed by atoms with Gasteiger partial charge in [-0.1, -0.05) is 161 Å². The van der Waals surface area contributed by atoms with E-state index in [1.807, 2.05) is 102 Å². The molecule has 10 rings (SSSR count). The zero-order valence-corrected chi connectivity index (χ0v) is 50.3. The Bertz CT molecular complexity index is 2890. The Hall–Kier alpha value is -2.53. The maximum absolute atomic E-state index is 14.5. The van der Waals surface area contributed by atoms with Crippen LogP contribution in [0.15, 0.2) is 88.9 Å². The molecule has 0 N–H and O–H groups in total. The van der Waals surface area contributed by atoms with E-state index in [0.29, 0.717) is 32.1 Å². The van der Waals surface area contributed by atoms with Crippen LogP contribution in [0.1, 0.15) is 182 Å². The number of aryl methyl sites for hydroxylation is 6. The first kappa shape index (κ1) is 60.7. The quantitative estimate of drug-likeness (QED) is 0.0769. The summed E-state index contributed by atoms with van der Waals surface area (Å²) >= 11 is 6.70. The molecule has 2 aromatic heterocycles. The number of imidazole rings is 2. The van der Waals surface area contributed by atoms with Crippen molar-refractivity contribution >= 4 is 74.1 Å². The minimum Gasteiger partial charge on any atom is -0.343 e. The second-order valence-electron chi connectivity index (χ2n) is 21.4. The van der Waals surface area contributed by atoms with Gasteiger partial charge in [-0.2, -0.15) is 6.42 Å². The number of halogens is 1. The summed E-state index contributed by atoms with van der Waals surface area (Å²) in [6.07, 6.45) is 30.6. The largest absolute Gasteiger partial charge is 1.00 e. The Labute approximate surface area is 466 Å². The van der Waals surface area contributed by atoms with Crippen molar-refractivity contribution in [3.8, 4) is 0 Å². The monoisotopic (exact) mass is 1090 g/mol. The average Bonchev–Trinajstić information content (AvgIpc) is 4.01. The number of unbranched alkanes of at least 4 members (excludes halogenated alkanes) is 1. The van der Waals surface area contributed by atoms with Gasteiger partial charge in [-0.05, 0) is 177 Å². The molecule has 0 bridgehead atoms. The molecule has 4 fully saturated rings. The van der Waals surface area contributed by atoms with Gasteiger partial charge < -0.3 is 6.92 Å². The fraction of sp³-hybridized carbons (Fsp3) is 0.550. The van der Waals surface area contributed by atoms with E-state index in [0.717, 1.165) is 67.7 Å². The molecular weight excluding hydrogens is 1010 g/mol. The van der Waals surface area contributed by atoms with Crippen molar-refractivity contribution in [2.24, 2.45) is 0 Å². The Morgan fingerprint density at radius 2 is 0.919 bits per heavy atom. The van der Waals surface area contributed by atoms with Crippen molar-refractivity contribution in [2.45, 2.75) is 222 Å². The van der Waals surface area contributed by atoms with Gasteiger partial charge in [0.15, 0.2) is 0 Å². The molecule has 0 spiro atoms. The van der Waals surface area contributed by atoms with Gasteiger partial charge in [-0.25, -0.2) is 34.7 Å². The zero-order valence-electron chi connectivity index (χ0n) is 46.1. The van der Waals surface area contributed by atoms with E-state index in [4.69, 9.17) is 16.2 Å². The first-order chi connectivity index (χ1) is 35.1. The molecule has 14 heteroatoms. The third-order valence-electron chi connectivity index (χ3n) is 15.5. The summed E-state index contributed by atoms with van der Waals surface area (Å²) in [6.45, 7) is 17.2. The topological polar surface area (TPSA) is 104 Å². The summed E-state index contributed by atoms with van der Waals surface area (Å²) in [6, 6.07) is 22.8. The maximum Gasteiger partial charge on any atom is 1.00 e. The molecule has 0 aliphatic heterocycles. The van der Waals surface area contributed by atoms with Gasteiger partial charge in [-0.15, -0.1) is 0 Å². The van der Waals surface area contributed by atoms with E-state index in [-0.39, 0.29) is 26.1 Å². The van der Waals surface area contributed by atoms with Crippen LogP contribution in [-0.4, -0.2) is 57.4 Å². The number of fused-ring (bicyclic) bond motifs is 2. The van der Waals surface area contributed by atoms with Crippen LogP contribution < -0.4 is 24.4 Å². The summed E-state index contributed by atoms with van der Waals surface area (Å²) in [5.74, 6) is 0. The fourth-order valence-corrected chi connectivity index (χ4v) is 23.4. The Morgan fingerprint density at radius 3 is 1.34 bits per heavy atom. The molecular formula is C60H84ClLiN4O4P2S2. The number of hydrogen-bond acceptors (Lipinski definition) is 6. The van der Waals surface area contributed by atoms with Crippen molar-refractivity contribution in [1.29, 1.82) is 0 Å². The predicted octanol–water partition coefficient (Wildman–Crippen LogP) is 14.1. The number of hydrogen-bond donors (Lipinski definition) is 0. The Balaban J connectivity index is 0.000000189. The molecule has 0 saturated heterocycles. The third-order valence-corrected chi connectivity index (χ3v) is 27.1. The second-order valence-corrected chi connectivity index (χ2v) is 30.9. The van der Waals surface area contributed by atoms with E-state index in [1.165, 1.54) is 145 Å². The van der Waals surface area contributed by atoms with Crippen molar-refractivity contribution < 1.29 is 35.7 Å². The van der Waals surface area contributed by atoms with Gasteiger partial charge in [-0.3, -0.25) is 0 Å². The van der Waals surface area contributed by atoms with Crippen LogP contribution in [0.5, 0.6) is 0 Å². The van der Waals surface area contributed by atoms with Gasteiger partial charge in [0.05, 0.1) is 31.9 Å². The number of para-hydroxylation sites is 4. The SMILES string of the molecule is Cc1cc(C)c(S(=O)(=O)n2c(P(C3CCCCC3)C3CCCCC3)nc3ccccc32)c(C)c1.Cc1cc(C)c(S(=O)(=O)n2cnc3ccccc32)c(C)c1.ClP(C1CCCCC1)C1CCCCC1.[CH2-]CCC.[Li+]. The number of nitrogens with zero attached hydrogens (tertiary/aromatic N) is 4. The molecule has 4 aromatic carbocycles. The standard InChI is InChI=1S/C28H37N2O2PS.C16H16N2O2S.C12H22ClP.C4H9.Li/c1-20-18-21(2)27(22(3)19-20)34(31,32)30-26-17-11-10-16-25(26)29-28(30)33(23-12-6-4-7-13-23)24-14-8-5-9-15-24;1-11-8-12(2)16(13(3)9-11)21(19,20)18-10-17-14-6-4-5-7-15(14)18;13-14(11-7-3-1-4-8-11)12-9-5-2-6-10-12;1-3-4-2;/h10-11,16-19,23-24H,4-9,12-15H2,1-3H3;4-10H,1-3H3;11-12H,1-10H2;1,3-4H2,2H3;/q;;;-1;+1. The molecule has 0 atom stereocenters. The molecule has 2 heterocycles. The van der Waals surface area contributed by atoms with Gasteiger partial charge in [0.2, 0.25) is 0 Å². The predicted molar refractivity (Wildman–Crippen MR) is 313 cm³/mol. The smallest absolute Gasteiger partial charge is 0.343 e. The Morgan fingerprint density at radius 1 is 0.554 bits per heavy atom. The van der Waals surface area contributed by atoms with Gasteiger partial charge in [0, 0.05) is 0 Å².